The lowest BCUT2D eigenvalue weighted by molar-refractivity contribution is 0.310. The Hall–Kier alpha value is -1.80. The summed E-state index contributed by atoms with van der Waals surface area (Å²) in [5.41, 5.74) is 4.06. The molecule has 1 aliphatic heterocycles. The molecule has 1 heterocycles. The van der Waals surface area contributed by atoms with E-state index in [4.69, 9.17) is 4.74 Å². The van der Waals surface area contributed by atoms with Crippen molar-refractivity contribution in [2.45, 2.75) is 31.3 Å². The van der Waals surface area contributed by atoms with Crippen LogP contribution in [-0.2, 0) is 6.42 Å². The number of benzene rings is 2. The zero-order chi connectivity index (χ0) is 13.4. The molecule has 2 nitrogen and oxygen atoms in total. The molecule has 1 fully saturated rings. The molecule has 2 aromatic rings. The van der Waals surface area contributed by atoms with Crippen molar-refractivity contribution in [2.24, 2.45) is 0 Å². The second-order valence-corrected chi connectivity index (χ2v) is 5.84. The van der Waals surface area contributed by atoms with Crippen molar-refractivity contribution in [3.8, 4) is 5.75 Å². The third-order valence-corrected chi connectivity index (χ3v) is 4.12. The highest BCUT2D eigenvalue weighted by Crippen LogP contribution is 2.35. The van der Waals surface area contributed by atoms with Gasteiger partial charge in [0.25, 0.3) is 0 Å². The molecule has 4 rings (SSSR count). The molecule has 20 heavy (non-hydrogen) atoms. The van der Waals surface area contributed by atoms with Crippen molar-refractivity contribution < 1.29 is 4.74 Å². The molecular weight excluding hydrogens is 246 g/mol. The summed E-state index contributed by atoms with van der Waals surface area (Å²) in [6, 6.07) is 18.4. The van der Waals surface area contributed by atoms with E-state index in [1.807, 2.05) is 0 Å². The Labute approximate surface area is 119 Å². The summed E-state index contributed by atoms with van der Waals surface area (Å²) in [7, 11) is 0. The zero-order valence-electron chi connectivity index (χ0n) is 11.5. The van der Waals surface area contributed by atoms with E-state index in [0.717, 1.165) is 18.8 Å². The summed E-state index contributed by atoms with van der Waals surface area (Å²) in [5, 5.41) is 3.68. The summed E-state index contributed by atoms with van der Waals surface area (Å²) in [6.07, 6.45) is 3.62. The van der Waals surface area contributed by atoms with E-state index in [2.05, 4.69) is 53.8 Å². The molecule has 1 unspecified atom stereocenters. The van der Waals surface area contributed by atoms with E-state index >= 15 is 0 Å². The summed E-state index contributed by atoms with van der Waals surface area (Å²) in [6.45, 7) is 0.778. The van der Waals surface area contributed by atoms with Crippen LogP contribution in [0.2, 0.25) is 0 Å². The zero-order valence-corrected chi connectivity index (χ0v) is 11.5. The second kappa shape index (κ2) is 4.95. The maximum Gasteiger partial charge on any atom is 0.124 e. The average Bonchev–Trinajstić information content (AvgIpc) is 3.21. The Balaban J connectivity index is 1.56. The van der Waals surface area contributed by atoms with E-state index in [9.17, 15) is 0 Å². The molecule has 1 atom stereocenters. The lowest BCUT2D eigenvalue weighted by Gasteiger charge is -2.11. The molecule has 0 aromatic heterocycles. The van der Waals surface area contributed by atoms with Crippen molar-refractivity contribution in [1.82, 2.24) is 5.32 Å². The SMILES string of the molecule is c1ccc(Cc2ccc3c(c2)C(NC2CC2)CO3)cc1. The van der Waals surface area contributed by atoms with Gasteiger partial charge in [-0.05, 0) is 36.5 Å². The van der Waals surface area contributed by atoms with E-state index in [1.165, 1.54) is 29.5 Å². The summed E-state index contributed by atoms with van der Waals surface area (Å²) in [5.74, 6) is 1.06. The first-order valence-electron chi connectivity index (χ1n) is 7.44. The highest BCUT2D eigenvalue weighted by atomic mass is 16.5. The highest BCUT2D eigenvalue weighted by Gasteiger charge is 2.30. The van der Waals surface area contributed by atoms with Gasteiger partial charge in [-0.1, -0.05) is 42.5 Å². The van der Waals surface area contributed by atoms with Crippen molar-refractivity contribution in [2.75, 3.05) is 6.61 Å². The van der Waals surface area contributed by atoms with Gasteiger partial charge in [0.05, 0.1) is 6.04 Å². The van der Waals surface area contributed by atoms with Gasteiger partial charge < -0.3 is 10.1 Å². The van der Waals surface area contributed by atoms with Gasteiger partial charge in [0.15, 0.2) is 0 Å². The van der Waals surface area contributed by atoms with Crippen LogP contribution < -0.4 is 10.1 Å². The number of hydrogen-bond acceptors (Lipinski definition) is 2. The maximum atomic E-state index is 5.78. The molecule has 2 aliphatic rings. The van der Waals surface area contributed by atoms with Crippen molar-refractivity contribution >= 4 is 0 Å². The molecule has 1 saturated carbocycles. The summed E-state index contributed by atoms with van der Waals surface area (Å²) >= 11 is 0. The molecule has 0 spiro atoms. The van der Waals surface area contributed by atoms with Crippen LogP contribution >= 0.6 is 0 Å². The predicted molar refractivity (Wildman–Crippen MR) is 80.1 cm³/mol. The van der Waals surface area contributed by atoms with Crippen LogP contribution in [0.4, 0.5) is 0 Å². The molecule has 1 aliphatic carbocycles. The fourth-order valence-corrected chi connectivity index (χ4v) is 2.88. The normalized spacial score (nSPS) is 20.5. The Morgan fingerprint density at radius 1 is 1.00 bits per heavy atom. The van der Waals surface area contributed by atoms with E-state index < -0.39 is 0 Å². The van der Waals surface area contributed by atoms with Crippen molar-refractivity contribution in [1.29, 1.82) is 0 Å². The first-order chi connectivity index (χ1) is 9.88. The molecule has 0 amide bonds. The lowest BCUT2D eigenvalue weighted by atomic mass is 10.00. The van der Waals surface area contributed by atoms with Gasteiger partial charge in [-0.2, -0.15) is 0 Å². The standard InChI is InChI=1S/C18H19NO/c1-2-4-13(5-3-1)10-14-6-9-18-16(11-14)17(12-20-18)19-15-7-8-15/h1-6,9,11,15,17,19H,7-8,10,12H2. The van der Waals surface area contributed by atoms with Crippen molar-refractivity contribution in [3.05, 3.63) is 65.2 Å². The van der Waals surface area contributed by atoms with Crippen LogP contribution in [0.25, 0.3) is 0 Å². The minimum absolute atomic E-state index is 0.383. The molecule has 2 aromatic carbocycles. The van der Waals surface area contributed by atoms with Gasteiger partial charge in [-0.15, -0.1) is 0 Å². The van der Waals surface area contributed by atoms with E-state index in [0.29, 0.717) is 12.1 Å². The number of nitrogens with one attached hydrogen (secondary N) is 1. The highest BCUT2D eigenvalue weighted by molar-refractivity contribution is 5.43. The molecule has 1 N–H and O–H groups in total. The second-order valence-electron chi connectivity index (χ2n) is 5.84. The van der Waals surface area contributed by atoms with Gasteiger partial charge in [-0.25, -0.2) is 0 Å². The van der Waals surface area contributed by atoms with Gasteiger partial charge in [0, 0.05) is 11.6 Å². The minimum Gasteiger partial charge on any atom is -0.491 e. The van der Waals surface area contributed by atoms with Crippen molar-refractivity contribution in [3.63, 3.8) is 0 Å². The smallest absolute Gasteiger partial charge is 0.124 e. The maximum absolute atomic E-state index is 5.78. The first kappa shape index (κ1) is 12.0. The number of hydrogen-bond donors (Lipinski definition) is 1. The van der Waals surface area contributed by atoms with E-state index in [-0.39, 0.29) is 0 Å². The molecule has 102 valence electrons. The van der Waals surface area contributed by atoms with Gasteiger partial charge in [0.1, 0.15) is 12.4 Å². The molecular formula is C18H19NO. The summed E-state index contributed by atoms with van der Waals surface area (Å²) < 4.78 is 5.78. The fraction of sp³-hybridized carbons (Fsp3) is 0.333. The van der Waals surface area contributed by atoms with Crippen LogP contribution in [0.5, 0.6) is 5.75 Å². The first-order valence-corrected chi connectivity index (χ1v) is 7.44. The van der Waals surface area contributed by atoms with E-state index in [1.54, 1.807) is 0 Å². The van der Waals surface area contributed by atoms with Crippen LogP contribution in [0.3, 0.4) is 0 Å². The largest absolute Gasteiger partial charge is 0.491 e. The topological polar surface area (TPSA) is 21.3 Å². The van der Waals surface area contributed by atoms with Gasteiger partial charge in [-0.3, -0.25) is 0 Å². The van der Waals surface area contributed by atoms with Gasteiger partial charge in [0.2, 0.25) is 0 Å². The fourth-order valence-electron chi connectivity index (χ4n) is 2.88. The average molecular weight is 265 g/mol. The van der Waals surface area contributed by atoms with Crippen LogP contribution in [0.1, 0.15) is 35.6 Å². The third kappa shape index (κ3) is 2.44. The number of fused-ring (bicyclic) bond motifs is 1. The Kier molecular flexibility index (Phi) is 2.96. The lowest BCUT2D eigenvalue weighted by Crippen LogP contribution is -2.24. The minimum atomic E-state index is 0.383. The molecule has 2 heteroatoms. The van der Waals surface area contributed by atoms with Gasteiger partial charge >= 0.3 is 0 Å². The Bertz CT molecular complexity index is 604. The number of ether oxygens (including phenoxy) is 1. The molecule has 0 radical (unpaired) electrons. The predicted octanol–water partition coefficient (Wildman–Crippen LogP) is 3.46. The Morgan fingerprint density at radius 2 is 1.85 bits per heavy atom. The monoisotopic (exact) mass is 265 g/mol. The summed E-state index contributed by atoms with van der Waals surface area (Å²) in [4.78, 5) is 0. The Morgan fingerprint density at radius 3 is 2.65 bits per heavy atom. The van der Waals surface area contributed by atoms with Crippen LogP contribution in [0.15, 0.2) is 48.5 Å². The number of rotatable bonds is 4. The molecule has 0 saturated heterocycles. The van der Waals surface area contributed by atoms with Crippen LogP contribution in [0, 0.1) is 0 Å². The quantitative estimate of drug-likeness (QED) is 0.914. The third-order valence-electron chi connectivity index (χ3n) is 4.12. The molecule has 0 bridgehead atoms. The van der Waals surface area contributed by atoms with Crippen LogP contribution in [-0.4, -0.2) is 12.6 Å².